The van der Waals surface area contributed by atoms with E-state index < -0.39 is 0 Å². The van der Waals surface area contributed by atoms with E-state index in [0.717, 1.165) is 5.56 Å². The molecule has 1 aliphatic heterocycles. The predicted molar refractivity (Wildman–Crippen MR) is 90.8 cm³/mol. The van der Waals surface area contributed by atoms with Crippen molar-refractivity contribution in [1.82, 2.24) is 0 Å². The molecule has 0 unspecified atom stereocenters. The lowest BCUT2D eigenvalue weighted by Crippen LogP contribution is -2.16. The van der Waals surface area contributed by atoms with Crippen molar-refractivity contribution in [2.75, 3.05) is 18.5 Å². The molecule has 1 N–H and O–H groups in total. The first kappa shape index (κ1) is 16.0. The first-order chi connectivity index (χ1) is 11.1. The van der Waals surface area contributed by atoms with Gasteiger partial charge in [-0.3, -0.25) is 4.79 Å². The van der Waals surface area contributed by atoms with E-state index in [2.05, 4.69) is 5.32 Å². The number of rotatable bonds is 4. The summed E-state index contributed by atoms with van der Waals surface area (Å²) in [5.74, 6) is 1.24. The number of hydrogen-bond acceptors (Lipinski definition) is 3. The summed E-state index contributed by atoms with van der Waals surface area (Å²) in [6.07, 6.45) is 0.838. The molecule has 0 bridgehead atoms. The van der Waals surface area contributed by atoms with Gasteiger partial charge in [-0.15, -0.1) is 0 Å². The van der Waals surface area contributed by atoms with Crippen LogP contribution in [-0.4, -0.2) is 19.1 Å². The van der Waals surface area contributed by atoms with Crippen LogP contribution in [0.4, 0.5) is 5.69 Å². The second-order valence-corrected chi connectivity index (χ2v) is 5.90. The Labute approximate surface area is 144 Å². The van der Waals surface area contributed by atoms with E-state index in [1.165, 1.54) is 0 Å². The number of halogens is 2. The Balaban J connectivity index is 1.60. The van der Waals surface area contributed by atoms with Crippen molar-refractivity contribution in [2.24, 2.45) is 0 Å². The van der Waals surface area contributed by atoms with Crippen molar-refractivity contribution < 1.29 is 14.3 Å². The molecule has 120 valence electrons. The minimum absolute atomic E-state index is 0.0993. The molecular formula is C17H15Cl2NO3. The van der Waals surface area contributed by atoms with Gasteiger partial charge < -0.3 is 14.8 Å². The van der Waals surface area contributed by atoms with Crippen LogP contribution in [0.2, 0.25) is 10.0 Å². The van der Waals surface area contributed by atoms with Crippen molar-refractivity contribution in [3.63, 3.8) is 0 Å². The normalized spacial score (nSPS) is 12.8. The summed E-state index contributed by atoms with van der Waals surface area (Å²) in [5, 5.41) is 3.84. The van der Waals surface area contributed by atoms with Gasteiger partial charge in [0.25, 0.3) is 0 Å². The van der Waals surface area contributed by atoms with Crippen molar-refractivity contribution >= 4 is 34.8 Å². The van der Waals surface area contributed by atoms with Crippen LogP contribution >= 0.6 is 23.2 Å². The Morgan fingerprint density at radius 3 is 2.70 bits per heavy atom. The van der Waals surface area contributed by atoms with Crippen LogP contribution in [0.25, 0.3) is 0 Å². The van der Waals surface area contributed by atoms with E-state index in [4.69, 9.17) is 32.7 Å². The first-order valence-electron chi connectivity index (χ1n) is 7.26. The van der Waals surface area contributed by atoms with Crippen LogP contribution in [0.5, 0.6) is 11.5 Å². The SMILES string of the molecule is O=C(CCc1cccc(Cl)c1Cl)Nc1ccc2c(c1)OCCO2. The van der Waals surface area contributed by atoms with Gasteiger partial charge in [-0.05, 0) is 30.2 Å². The summed E-state index contributed by atoms with van der Waals surface area (Å²) in [6.45, 7) is 1.05. The topological polar surface area (TPSA) is 47.6 Å². The van der Waals surface area contributed by atoms with Gasteiger partial charge in [-0.2, -0.15) is 0 Å². The van der Waals surface area contributed by atoms with E-state index in [1.807, 2.05) is 12.1 Å². The van der Waals surface area contributed by atoms with Gasteiger partial charge in [-0.1, -0.05) is 35.3 Å². The summed E-state index contributed by atoms with van der Waals surface area (Å²) in [7, 11) is 0. The lowest BCUT2D eigenvalue weighted by Gasteiger charge is -2.19. The molecule has 1 amide bonds. The van der Waals surface area contributed by atoms with E-state index >= 15 is 0 Å². The summed E-state index contributed by atoms with van der Waals surface area (Å²) in [5.41, 5.74) is 1.54. The molecule has 0 aromatic heterocycles. The molecule has 1 aliphatic rings. The van der Waals surface area contributed by atoms with Crippen molar-refractivity contribution in [1.29, 1.82) is 0 Å². The van der Waals surface area contributed by atoms with Gasteiger partial charge >= 0.3 is 0 Å². The molecule has 0 fully saturated rings. The average molecular weight is 352 g/mol. The number of ether oxygens (including phenoxy) is 2. The second kappa shape index (κ2) is 7.11. The van der Waals surface area contributed by atoms with Crippen molar-refractivity contribution in [3.8, 4) is 11.5 Å². The number of nitrogens with one attached hydrogen (secondary N) is 1. The lowest BCUT2D eigenvalue weighted by atomic mass is 10.1. The molecule has 6 heteroatoms. The molecular weight excluding hydrogens is 337 g/mol. The third-order valence-corrected chi connectivity index (χ3v) is 4.34. The quantitative estimate of drug-likeness (QED) is 0.891. The maximum Gasteiger partial charge on any atom is 0.224 e. The predicted octanol–water partition coefficient (Wildman–Crippen LogP) is 4.34. The van der Waals surface area contributed by atoms with E-state index in [0.29, 0.717) is 53.3 Å². The molecule has 0 radical (unpaired) electrons. The smallest absolute Gasteiger partial charge is 0.224 e. The Bertz CT molecular complexity index is 734. The highest BCUT2D eigenvalue weighted by molar-refractivity contribution is 6.42. The molecule has 2 aromatic rings. The zero-order chi connectivity index (χ0) is 16.2. The highest BCUT2D eigenvalue weighted by atomic mass is 35.5. The van der Waals surface area contributed by atoms with Crippen LogP contribution in [0.3, 0.4) is 0 Å². The number of fused-ring (bicyclic) bond motifs is 1. The van der Waals surface area contributed by atoms with Gasteiger partial charge in [0.05, 0.1) is 10.0 Å². The molecule has 3 rings (SSSR count). The van der Waals surface area contributed by atoms with Crippen LogP contribution in [0.1, 0.15) is 12.0 Å². The Hall–Kier alpha value is -1.91. The third kappa shape index (κ3) is 3.89. The molecule has 23 heavy (non-hydrogen) atoms. The van der Waals surface area contributed by atoms with Crippen molar-refractivity contribution in [3.05, 3.63) is 52.0 Å². The minimum Gasteiger partial charge on any atom is -0.486 e. The Morgan fingerprint density at radius 2 is 1.87 bits per heavy atom. The third-order valence-electron chi connectivity index (χ3n) is 3.48. The lowest BCUT2D eigenvalue weighted by molar-refractivity contribution is -0.116. The number of anilines is 1. The number of aryl methyl sites for hydroxylation is 1. The standard InChI is InChI=1S/C17H15Cl2NO3/c18-13-3-1-2-11(17(13)19)4-7-16(21)20-12-5-6-14-15(10-12)23-9-8-22-14/h1-3,5-6,10H,4,7-9H2,(H,20,21). The number of benzene rings is 2. The minimum atomic E-state index is -0.0993. The molecule has 0 spiro atoms. The van der Waals surface area contributed by atoms with E-state index in [-0.39, 0.29) is 5.91 Å². The van der Waals surface area contributed by atoms with Gasteiger partial charge in [0.15, 0.2) is 11.5 Å². The summed E-state index contributed by atoms with van der Waals surface area (Å²) in [6, 6.07) is 10.8. The Kier molecular flexibility index (Phi) is 4.94. The molecule has 1 heterocycles. The van der Waals surface area contributed by atoms with Crippen LogP contribution < -0.4 is 14.8 Å². The van der Waals surface area contributed by atoms with Gasteiger partial charge in [0, 0.05) is 18.2 Å². The van der Waals surface area contributed by atoms with Gasteiger partial charge in [0.1, 0.15) is 13.2 Å². The molecule has 2 aromatic carbocycles. The average Bonchev–Trinajstić information content (AvgIpc) is 2.56. The van der Waals surface area contributed by atoms with E-state index in [9.17, 15) is 4.79 Å². The first-order valence-corrected chi connectivity index (χ1v) is 8.01. The fourth-order valence-electron chi connectivity index (χ4n) is 2.33. The maximum absolute atomic E-state index is 12.1. The fourth-order valence-corrected chi connectivity index (χ4v) is 2.75. The van der Waals surface area contributed by atoms with Crippen molar-refractivity contribution in [2.45, 2.75) is 12.8 Å². The largest absolute Gasteiger partial charge is 0.486 e. The Morgan fingerprint density at radius 1 is 1.09 bits per heavy atom. The highest BCUT2D eigenvalue weighted by Gasteiger charge is 2.13. The monoisotopic (exact) mass is 351 g/mol. The van der Waals surface area contributed by atoms with Gasteiger partial charge in [-0.25, -0.2) is 0 Å². The number of amides is 1. The molecule has 0 saturated carbocycles. The zero-order valence-electron chi connectivity index (χ0n) is 12.3. The molecule has 0 saturated heterocycles. The maximum atomic E-state index is 12.1. The van der Waals surface area contributed by atoms with Crippen LogP contribution in [-0.2, 0) is 11.2 Å². The van der Waals surface area contributed by atoms with E-state index in [1.54, 1.807) is 24.3 Å². The zero-order valence-corrected chi connectivity index (χ0v) is 13.8. The number of carbonyl (C=O) groups excluding carboxylic acids is 1. The number of carbonyl (C=O) groups is 1. The van der Waals surface area contributed by atoms with Gasteiger partial charge in [0.2, 0.25) is 5.91 Å². The number of hydrogen-bond donors (Lipinski definition) is 1. The fraction of sp³-hybridized carbons (Fsp3) is 0.235. The summed E-state index contributed by atoms with van der Waals surface area (Å²) < 4.78 is 10.9. The summed E-state index contributed by atoms with van der Waals surface area (Å²) in [4.78, 5) is 12.1. The molecule has 4 nitrogen and oxygen atoms in total. The van der Waals surface area contributed by atoms with Crippen LogP contribution in [0, 0.1) is 0 Å². The summed E-state index contributed by atoms with van der Waals surface area (Å²) >= 11 is 12.1. The highest BCUT2D eigenvalue weighted by Crippen LogP contribution is 2.32. The second-order valence-electron chi connectivity index (χ2n) is 5.12. The molecule has 0 aliphatic carbocycles. The molecule has 0 atom stereocenters. The van der Waals surface area contributed by atoms with Crippen LogP contribution in [0.15, 0.2) is 36.4 Å².